The van der Waals surface area contributed by atoms with Gasteiger partial charge in [-0.1, -0.05) is 58.0 Å². The lowest BCUT2D eigenvalue weighted by Gasteiger charge is -2.35. The van der Waals surface area contributed by atoms with Gasteiger partial charge < -0.3 is 14.6 Å². The van der Waals surface area contributed by atoms with Crippen molar-refractivity contribution in [2.75, 3.05) is 43.1 Å². The maximum atomic E-state index is 5.69. The van der Waals surface area contributed by atoms with E-state index in [2.05, 4.69) is 50.4 Å². The number of hydrogen-bond acceptors (Lipinski definition) is 5. The summed E-state index contributed by atoms with van der Waals surface area (Å²) >= 11 is 0. The molecule has 0 spiro atoms. The first-order chi connectivity index (χ1) is 13.4. The van der Waals surface area contributed by atoms with Crippen molar-refractivity contribution in [3.05, 3.63) is 54.6 Å². The number of rotatable bonds is 4. The van der Waals surface area contributed by atoms with Crippen molar-refractivity contribution in [1.82, 2.24) is 9.88 Å². The first kappa shape index (κ1) is 20.8. The highest BCUT2D eigenvalue weighted by molar-refractivity contribution is 5.74. The highest BCUT2D eigenvalue weighted by Crippen LogP contribution is 2.19. The molecule has 1 saturated heterocycles. The molecule has 0 atom stereocenters. The van der Waals surface area contributed by atoms with Crippen molar-refractivity contribution in [1.29, 1.82) is 0 Å². The fourth-order valence-corrected chi connectivity index (χ4v) is 2.93. The van der Waals surface area contributed by atoms with Crippen LogP contribution in [-0.2, 0) is 0 Å². The third-order valence-electron chi connectivity index (χ3n) is 4.24. The summed E-state index contributed by atoms with van der Waals surface area (Å²) in [5.74, 6) is 0. The predicted molar refractivity (Wildman–Crippen MR) is 115 cm³/mol. The molecule has 1 aliphatic rings. The molecule has 2 heterocycles. The van der Waals surface area contributed by atoms with Gasteiger partial charge in [0.25, 0.3) is 6.01 Å². The van der Waals surface area contributed by atoms with Crippen LogP contribution in [0.2, 0.25) is 0 Å². The van der Waals surface area contributed by atoms with E-state index in [0.717, 1.165) is 43.9 Å². The molecular weight excluding hydrogens is 336 g/mol. The van der Waals surface area contributed by atoms with Crippen molar-refractivity contribution in [2.45, 2.75) is 27.7 Å². The molecule has 1 fully saturated rings. The Morgan fingerprint density at radius 3 is 2.15 bits per heavy atom. The minimum absolute atomic E-state index is 0.594. The molecule has 4 rings (SSSR count). The highest BCUT2D eigenvalue weighted by Gasteiger charge is 2.17. The summed E-state index contributed by atoms with van der Waals surface area (Å²) in [5, 5.41) is 3.29. The Bertz CT molecular complexity index is 731. The van der Waals surface area contributed by atoms with Crippen LogP contribution in [0.4, 0.5) is 11.7 Å². The normalized spacial score (nSPS) is 14.0. The first-order valence-corrected chi connectivity index (χ1v) is 10.0. The molecule has 0 bridgehead atoms. The van der Waals surface area contributed by atoms with Gasteiger partial charge in [0.05, 0.1) is 6.67 Å². The van der Waals surface area contributed by atoms with Crippen molar-refractivity contribution in [3.8, 4) is 0 Å². The van der Waals surface area contributed by atoms with Crippen molar-refractivity contribution < 1.29 is 4.42 Å². The number of oxazole rings is 1. The quantitative estimate of drug-likeness (QED) is 0.696. The number of nitrogens with zero attached hydrogens (tertiary/aromatic N) is 3. The SMILES string of the molecule is CC.CC.c1ccc(N2CCN(CNc3nc4ccccc4o3)CC2)cc1. The van der Waals surface area contributed by atoms with E-state index in [-0.39, 0.29) is 0 Å². The molecule has 0 unspecified atom stereocenters. The van der Waals surface area contributed by atoms with Crippen LogP contribution >= 0.6 is 0 Å². The number of hydrogen-bond donors (Lipinski definition) is 1. The molecular formula is C22H32N4O. The van der Waals surface area contributed by atoms with Gasteiger partial charge in [-0.05, 0) is 24.3 Å². The Morgan fingerprint density at radius 2 is 1.48 bits per heavy atom. The van der Waals surface area contributed by atoms with Crippen LogP contribution in [0.25, 0.3) is 11.1 Å². The monoisotopic (exact) mass is 368 g/mol. The van der Waals surface area contributed by atoms with E-state index < -0.39 is 0 Å². The Morgan fingerprint density at radius 1 is 0.852 bits per heavy atom. The van der Waals surface area contributed by atoms with E-state index in [9.17, 15) is 0 Å². The summed E-state index contributed by atoms with van der Waals surface area (Å²) in [7, 11) is 0. The van der Waals surface area contributed by atoms with E-state index in [1.54, 1.807) is 0 Å². The molecule has 5 nitrogen and oxygen atoms in total. The number of nitrogens with one attached hydrogen (secondary N) is 1. The van der Waals surface area contributed by atoms with Crippen LogP contribution < -0.4 is 10.2 Å². The third kappa shape index (κ3) is 5.73. The van der Waals surface area contributed by atoms with Crippen molar-refractivity contribution in [2.24, 2.45) is 0 Å². The van der Waals surface area contributed by atoms with Gasteiger partial charge in [0.2, 0.25) is 0 Å². The minimum Gasteiger partial charge on any atom is -0.424 e. The lowest BCUT2D eigenvalue weighted by Crippen LogP contribution is -2.47. The van der Waals surface area contributed by atoms with Gasteiger partial charge in [0.15, 0.2) is 5.58 Å². The van der Waals surface area contributed by atoms with Crippen LogP contribution in [0.3, 0.4) is 0 Å². The first-order valence-electron chi connectivity index (χ1n) is 10.0. The number of aromatic nitrogens is 1. The van der Waals surface area contributed by atoms with Gasteiger partial charge in [0, 0.05) is 31.9 Å². The zero-order valence-corrected chi connectivity index (χ0v) is 17.0. The number of piperazine rings is 1. The maximum Gasteiger partial charge on any atom is 0.296 e. The molecule has 27 heavy (non-hydrogen) atoms. The Hall–Kier alpha value is -2.53. The molecule has 3 aromatic rings. The topological polar surface area (TPSA) is 44.5 Å². The summed E-state index contributed by atoms with van der Waals surface area (Å²) in [6.07, 6.45) is 0. The number of benzene rings is 2. The maximum absolute atomic E-state index is 5.69. The number of anilines is 2. The van der Waals surface area contributed by atoms with E-state index >= 15 is 0 Å². The van der Waals surface area contributed by atoms with Crippen molar-refractivity contribution >= 4 is 22.8 Å². The molecule has 0 radical (unpaired) electrons. The van der Waals surface area contributed by atoms with Gasteiger partial charge >= 0.3 is 0 Å². The summed E-state index contributed by atoms with van der Waals surface area (Å²) in [4.78, 5) is 9.25. The lowest BCUT2D eigenvalue weighted by atomic mass is 10.2. The standard InChI is InChI=1S/C18H20N4O.2C2H6/c1-2-6-15(7-3-1)22-12-10-21(11-13-22)14-19-18-20-16-8-4-5-9-17(16)23-18;2*1-2/h1-9H,10-14H2,(H,19,20);2*1-2H3. The van der Waals surface area contributed by atoms with Gasteiger partial charge in [-0.15, -0.1) is 0 Å². The molecule has 1 aromatic heterocycles. The fraction of sp³-hybridized carbons (Fsp3) is 0.409. The summed E-state index contributed by atoms with van der Waals surface area (Å²) in [6, 6.07) is 19.0. The summed E-state index contributed by atoms with van der Waals surface area (Å²) in [5.41, 5.74) is 3.02. The van der Waals surface area contributed by atoms with Gasteiger partial charge in [-0.25, -0.2) is 0 Å². The number of fused-ring (bicyclic) bond motifs is 1. The van der Waals surface area contributed by atoms with Gasteiger partial charge in [0.1, 0.15) is 5.52 Å². The molecule has 1 N–H and O–H groups in total. The third-order valence-corrected chi connectivity index (χ3v) is 4.24. The zero-order valence-electron chi connectivity index (χ0n) is 17.0. The molecule has 1 aliphatic heterocycles. The average molecular weight is 369 g/mol. The minimum atomic E-state index is 0.594. The molecule has 2 aromatic carbocycles. The van der Waals surface area contributed by atoms with E-state index in [1.165, 1.54) is 5.69 Å². The molecule has 0 aliphatic carbocycles. The molecule has 0 amide bonds. The summed E-state index contributed by atoms with van der Waals surface area (Å²) < 4.78 is 5.69. The predicted octanol–water partition coefficient (Wildman–Crippen LogP) is 5.07. The Kier molecular flexibility index (Phi) is 8.65. The molecule has 0 saturated carbocycles. The largest absolute Gasteiger partial charge is 0.424 e. The highest BCUT2D eigenvalue weighted by atomic mass is 16.4. The molecule has 5 heteroatoms. The molecule has 146 valence electrons. The Labute approximate surface area is 163 Å². The average Bonchev–Trinajstić information content (AvgIpc) is 3.19. The van der Waals surface area contributed by atoms with Crippen LogP contribution in [0, 0.1) is 0 Å². The van der Waals surface area contributed by atoms with Crippen molar-refractivity contribution in [3.63, 3.8) is 0 Å². The number of para-hydroxylation sites is 3. The second kappa shape index (κ2) is 11.2. The van der Waals surface area contributed by atoms with E-state index in [4.69, 9.17) is 4.42 Å². The van der Waals surface area contributed by atoms with Gasteiger partial charge in [-0.3, -0.25) is 4.90 Å². The van der Waals surface area contributed by atoms with Crippen LogP contribution in [0.15, 0.2) is 59.0 Å². The van der Waals surface area contributed by atoms with E-state index in [1.807, 2.05) is 52.0 Å². The second-order valence-electron chi connectivity index (χ2n) is 5.76. The van der Waals surface area contributed by atoms with Crippen LogP contribution in [-0.4, -0.2) is 42.7 Å². The van der Waals surface area contributed by atoms with Gasteiger partial charge in [-0.2, -0.15) is 4.98 Å². The van der Waals surface area contributed by atoms with Crippen LogP contribution in [0.5, 0.6) is 0 Å². The summed E-state index contributed by atoms with van der Waals surface area (Å²) in [6.45, 7) is 12.9. The lowest BCUT2D eigenvalue weighted by molar-refractivity contribution is 0.273. The smallest absolute Gasteiger partial charge is 0.296 e. The van der Waals surface area contributed by atoms with Crippen LogP contribution in [0.1, 0.15) is 27.7 Å². The fourth-order valence-electron chi connectivity index (χ4n) is 2.93. The van der Waals surface area contributed by atoms with E-state index in [0.29, 0.717) is 6.01 Å². The second-order valence-corrected chi connectivity index (χ2v) is 5.76. The zero-order chi connectivity index (χ0) is 19.5. The Balaban J connectivity index is 0.000000614.